The molecule has 0 unspecified atom stereocenters. The smallest absolute Gasteiger partial charge is 0.209 e. The fourth-order valence-corrected chi connectivity index (χ4v) is 2.68. The third kappa shape index (κ3) is 3.70. The molecule has 0 atom stereocenters. The van der Waals surface area contributed by atoms with Crippen molar-refractivity contribution in [2.24, 2.45) is 4.99 Å². The number of aliphatic imine (C=N–C) groups is 1. The first-order valence-electron chi connectivity index (χ1n) is 6.22. The Morgan fingerprint density at radius 2 is 1.52 bits per heavy atom. The Morgan fingerprint density at radius 1 is 0.905 bits per heavy atom. The molecule has 0 N–H and O–H groups in total. The van der Waals surface area contributed by atoms with Crippen LogP contribution in [0.15, 0.2) is 58.9 Å². The molecule has 5 heteroatoms. The van der Waals surface area contributed by atoms with Crippen LogP contribution < -0.4 is 0 Å². The summed E-state index contributed by atoms with van der Waals surface area (Å²) in [5, 5.41) is 4.13. The summed E-state index contributed by atoms with van der Waals surface area (Å²) >= 11 is 13.2. The van der Waals surface area contributed by atoms with Crippen LogP contribution >= 0.6 is 34.5 Å². The molecule has 1 aromatic heterocycles. The zero-order valence-electron chi connectivity index (χ0n) is 10.8. The Bertz CT molecular complexity index is 762. The van der Waals surface area contributed by atoms with Crippen LogP contribution in [0.2, 0.25) is 10.0 Å². The first-order valence-corrected chi connectivity index (χ1v) is 7.85. The molecule has 0 aliphatic rings. The lowest BCUT2D eigenvalue weighted by Gasteiger charge is -1.95. The molecule has 0 saturated heterocycles. The second kappa shape index (κ2) is 6.39. The number of benzene rings is 2. The second-order valence-electron chi connectivity index (χ2n) is 4.33. The SMILES string of the molecule is Clc1ccc(C=Nc2nc(-c3ccc(Cl)cc3)cs2)cc1. The Morgan fingerprint density at radius 3 is 2.19 bits per heavy atom. The Hall–Kier alpha value is -1.68. The van der Waals surface area contributed by atoms with Gasteiger partial charge >= 0.3 is 0 Å². The van der Waals surface area contributed by atoms with Crippen molar-refractivity contribution < 1.29 is 0 Å². The van der Waals surface area contributed by atoms with Crippen LogP contribution in [-0.2, 0) is 0 Å². The van der Waals surface area contributed by atoms with Crippen molar-refractivity contribution in [2.75, 3.05) is 0 Å². The van der Waals surface area contributed by atoms with Crippen molar-refractivity contribution in [1.82, 2.24) is 4.98 Å². The largest absolute Gasteiger partial charge is 0.227 e. The van der Waals surface area contributed by atoms with E-state index in [9.17, 15) is 0 Å². The third-order valence-electron chi connectivity index (χ3n) is 2.83. The normalized spacial score (nSPS) is 11.1. The van der Waals surface area contributed by atoms with E-state index in [-0.39, 0.29) is 0 Å². The summed E-state index contributed by atoms with van der Waals surface area (Å²) in [7, 11) is 0. The molecule has 0 spiro atoms. The Labute approximate surface area is 136 Å². The van der Waals surface area contributed by atoms with E-state index in [1.165, 1.54) is 11.3 Å². The average molecular weight is 333 g/mol. The van der Waals surface area contributed by atoms with Crippen molar-refractivity contribution in [2.45, 2.75) is 0 Å². The van der Waals surface area contributed by atoms with E-state index in [4.69, 9.17) is 23.2 Å². The summed E-state index contributed by atoms with van der Waals surface area (Å²) in [6.07, 6.45) is 1.78. The number of aromatic nitrogens is 1. The lowest BCUT2D eigenvalue weighted by Crippen LogP contribution is -1.79. The molecule has 0 aliphatic carbocycles. The highest BCUT2D eigenvalue weighted by atomic mass is 35.5. The van der Waals surface area contributed by atoms with E-state index in [0.717, 1.165) is 27.0 Å². The van der Waals surface area contributed by atoms with E-state index >= 15 is 0 Å². The van der Waals surface area contributed by atoms with Gasteiger partial charge in [0.05, 0.1) is 5.69 Å². The van der Waals surface area contributed by atoms with Gasteiger partial charge in [0.15, 0.2) is 0 Å². The molecular formula is C16H10Cl2N2S. The van der Waals surface area contributed by atoms with Gasteiger partial charge < -0.3 is 0 Å². The number of thiazole rings is 1. The molecule has 2 aromatic carbocycles. The van der Waals surface area contributed by atoms with Crippen LogP contribution in [0.5, 0.6) is 0 Å². The van der Waals surface area contributed by atoms with Crippen LogP contribution in [0.3, 0.4) is 0 Å². The molecule has 1 heterocycles. The molecule has 0 aliphatic heterocycles. The highest BCUT2D eigenvalue weighted by Crippen LogP contribution is 2.27. The van der Waals surface area contributed by atoms with Gasteiger partial charge in [-0.2, -0.15) is 0 Å². The lowest BCUT2D eigenvalue weighted by molar-refractivity contribution is 1.36. The van der Waals surface area contributed by atoms with Crippen LogP contribution in [0.4, 0.5) is 5.13 Å². The predicted octanol–water partition coefficient (Wildman–Crippen LogP) is 5.87. The molecule has 3 rings (SSSR count). The van der Waals surface area contributed by atoms with Crippen LogP contribution in [0, 0.1) is 0 Å². The molecule has 2 nitrogen and oxygen atoms in total. The van der Waals surface area contributed by atoms with Gasteiger partial charge in [-0.25, -0.2) is 9.98 Å². The van der Waals surface area contributed by atoms with Gasteiger partial charge in [-0.1, -0.05) is 47.5 Å². The van der Waals surface area contributed by atoms with Crippen LogP contribution in [-0.4, -0.2) is 11.2 Å². The number of hydrogen-bond donors (Lipinski definition) is 0. The number of hydrogen-bond acceptors (Lipinski definition) is 3. The van der Waals surface area contributed by atoms with E-state index in [1.54, 1.807) is 6.21 Å². The second-order valence-corrected chi connectivity index (χ2v) is 6.04. The van der Waals surface area contributed by atoms with E-state index < -0.39 is 0 Å². The Kier molecular flexibility index (Phi) is 4.34. The maximum atomic E-state index is 5.88. The fourth-order valence-electron chi connectivity index (χ4n) is 1.76. The molecule has 0 bridgehead atoms. The maximum absolute atomic E-state index is 5.88. The number of nitrogens with zero attached hydrogens (tertiary/aromatic N) is 2. The number of halogens is 2. The van der Waals surface area contributed by atoms with E-state index in [0.29, 0.717) is 5.02 Å². The predicted molar refractivity (Wildman–Crippen MR) is 91.3 cm³/mol. The highest BCUT2D eigenvalue weighted by molar-refractivity contribution is 7.13. The van der Waals surface area contributed by atoms with Crippen molar-refractivity contribution in [3.63, 3.8) is 0 Å². The van der Waals surface area contributed by atoms with Crippen molar-refractivity contribution in [1.29, 1.82) is 0 Å². The molecule has 3 aromatic rings. The minimum absolute atomic E-state index is 0.714. The molecule has 0 saturated carbocycles. The highest BCUT2D eigenvalue weighted by Gasteiger charge is 2.03. The molecule has 0 amide bonds. The molecular weight excluding hydrogens is 323 g/mol. The monoisotopic (exact) mass is 332 g/mol. The van der Waals surface area contributed by atoms with E-state index in [1.807, 2.05) is 53.9 Å². The molecule has 0 radical (unpaired) electrons. The Balaban J connectivity index is 1.78. The van der Waals surface area contributed by atoms with Gasteiger partial charge in [-0.15, -0.1) is 11.3 Å². The summed E-state index contributed by atoms with van der Waals surface area (Å²) in [5.41, 5.74) is 2.92. The first kappa shape index (κ1) is 14.3. The van der Waals surface area contributed by atoms with Crippen molar-refractivity contribution >= 4 is 45.9 Å². The van der Waals surface area contributed by atoms with Crippen LogP contribution in [0.25, 0.3) is 11.3 Å². The third-order valence-corrected chi connectivity index (χ3v) is 4.08. The zero-order valence-corrected chi connectivity index (χ0v) is 13.2. The lowest BCUT2D eigenvalue weighted by atomic mass is 10.2. The van der Waals surface area contributed by atoms with Gasteiger partial charge in [0, 0.05) is 27.2 Å². The van der Waals surface area contributed by atoms with Gasteiger partial charge in [0.25, 0.3) is 0 Å². The van der Waals surface area contributed by atoms with Gasteiger partial charge in [-0.05, 0) is 29.8 Å². The summed E-state index contributed by atoms with van der Waals surface area (Å²) in [6.45, 7) is 0. The molecule has 0 fully saturated rings. The van der Waals surface area contributed by atoms with Crippen molar-refractivity contribution in [3.8, 4) is 11.3 Å². The topological polar surface area (TPSA) is 25.2 Å². The molecule has 21 heavy (non-hydrogen) atoms. The summed E-state index contributed by atoms with van der Waals surface area (Å²) < 4.78 is 0. The summed E-state index contributed by atoms with van der Waals surface area (Å²) in [6, 6.07) is 15.1. The standard InChI is InChI=1S/C16H10Cl2N2S/c17-13-5-1-11(2-6-13)9-19-16-20-15(10-21-16)12-3-7-14(18)8-4-12/h1-10H. The average Bonchev–Trinajstić information content (AvgIpc) is 2.96. The zero-order chi connectivity index (χ0) is 14.7. The first-order chi connectivity index (χ1) is 10.2. The minimum Gasteiger partial charge on any atom is -0.227 e. The molecule has 104 valence electrons. The quantitative estimate of drug-likeness (QED) is 0.551. The van der Waals surface area contributed by atoms with Gasteiger partial charge in [0.2, 0.25) is 5.13 Å². The van der Waals surface area contributed by atoms with Crippen LogP contribution in [0.1, 0.15) is 5.56 Å². The van der Waals surface area contributed by atoms with Gasteiger partial charge in [-0.3, -0.25) is 0 Å². The fraction of sp³-hybridized carbons (Fsp3) is 0. The summed E-state index contributed by atoms with van der Waals surface area (Å²) in [4.78, 5) is 8.88. The van der Waals surface area contributed by atoms with E-state index in [2.05, 4.69) is 9.98 Å². The van der Waals surface area contributed by atoms with Crippen molar-refractivity contribution in [3.05, 3.63) is 69.5 Å². The van der Waals surface area contributed by atoms with Gasteiger partial charge in [0.1, 0.15) is 0 Å². The maximum Gasteiger partial charge on any atom is 0.209 e. The minimum atomic E-state index is 0.714. The summed E-state index contributed by atoms with van der Waals surface area (Å²) in [5.74, 6) is 0. The number of rotatable bonds is 3.